The molecule has 3 heterocycles. The van der Waals surface area contributed by atoms with Gasteiger partial charge in [-0.15, -0.1) is 11.3 Å². The van der Waals surface area contributed by atoms with Crippen molar-refractivity contribution in [1.29, 1.82) is 0 Å². The second-order valence-corrected chi connectivity index (χ2v) is 10.8. The van der Waals surface area contributed by atoms with Gasteiger partial charge in [-0.1, -0.05) is 18.2 Å². The van der Waals surface area contributed by atoms with Gasteiger partial charge in [0, 0.05) is 44.5 Å². The van der Waals surface area contributed by atoms with Crippen LogP contribution in [-0.2, 0) is 10.3 Å². The molecule has 0 amide bonds. The molecule has 0 radical (unpaired) electrons. The molecule has 0 aliphatic carbocycles. The Labute approximate surface area is 202 Å². The van der Waals surface area contributed by atoms with Crippen molar-refractivity contribution in [3.05, 3.63) is 47.3 Å². The van der Waals surface area contributed by atoms with Gasteiger partial charge in [0.15, 0.2) is 5.60 Å². The highest BCUT2D eigenvalue weighted by Crippen LogP contribution is 2.39. The molecular formula is C23H32F3N3O2S2. The maximum Gasteiger partial charge on any atom is 0.421 e. The van der Waals surface area contributed by atoms with Crippen LogP contribution in [0.15, 0.2) is 46.0 Å². The number of alkyl halides is 3. The molecule has 0 bridgehead atoms. The molecule has 4 rings (SSSR count). The predicted octanol–water partition coefficient (Wildman–Crippen LogP) is 4.68. The highest BCUT2D eigenvalue weighted by molar-refractivity contribution is 7.98. The molecule has 5 nitrogen and oxygen atoms in total. The third-order valence-corrected chi connectivity index (χ3v) is 8.11. The third-order valence-electron chi connectivity index (χ3n) is 6.00. The molecular weight excluding hydrogens is 471 g/mol. The fourth-order valence-corrected chi connectivity index (χ4v) is 5.29. The first-order valence-electron chi connectivity index (χ1n) is 11.0. The lowest BCUT2D eigenvalue weighted by atomic mass is 9.95. The van der Waals surface area contributed by atoms with Crippen LogP contribution in [0.3, 0.4) is 0 Å². The number of hydrogen-bond donors (Lipinski definition) is 1. The molecule has 2 aliphatic heterocycles. The maximum absolute atomic E-state index is 12.9. The average Bonchev–Trinajstić information content (AvgIpc) is 3.29. The zero-order valence-electron chi connectivity index (χ0n) is 19.2. The number of halogens is 3. The van der Waals surface area contributed by atoms with Gasteiger partial charge < -0.3 is 14.7 Å². The molecule has 184 valence electrons. The highest BCUT2D eigenvalue weighted by Gasteiger charge is 2.51. The summed E-state index contributed by atoms with van der Waals surface area (Å²) in [6, 6.07) is 10.7. The van der Waals surface area contributed by atoms with Gasteiger partial charge in [-0.25, -0.2) is 4.31 Å². The van der Waals surface area contributed by atoms with Gasteiger partial charge in [-0.2, -0.15) is 13.2 Å². The number of hydrogen-bond acceptors (Lipinski definition) is 7. The van der Waals surface area contributed by atoms with Gasteiger partial charge in [0.1, 0.15) is 0 Å². The number of aliphatic hydroxyl groups is 1. The van der Waals surface area contributed by atoms with E-state index in [4.69, 9.17) is 4.74 Å². The van der Waals surface area contributed by atoms with E-state index < -0.39 is 11.8 Å². The minimum absolute atomic E-state index is 0.143. The van der Waals surface area contributed by atoms with Gasteiger partial charge in [0.2, 0.25) is 0 Å². The lowest BCUT2D eigenvalue weighted by Gasteiger charge is -2.35. The number of thiophene rings is 1. The van der Waals surface area contributed by atoms with Crippen molar-refractivity contribution in [2.75, 3.05) is 57.9 Å². The normalized spacial score (nSPS) is 22.4. The first-order valence-corrected chi connectivity index (χ1v) is 12.6. The van der Waals surface area contributed by atoms with E-state index in [1.165, 1.54) is 16.3 Å². The minimum atomic E-state index is -4.70. The number of ether oxygens (including phenoxy) is 1. The van der Waals surface area contributed by atoms with E-state index in [2.05, 4.69) is 39.5 Å². The van der Waals surface area contributed by atoms with E-state index in [1.54, 1.807) is 35.4 Å². The SMILES string of the molecule is CC(O)(c1ccc(N2CCN(Sc3cccs3)CC2)cc1)C(F)(F)F.CC1COCCN1C. The molecule has 2 unspecified atom stereocenters. The largest absolute Gasteiger partial charge is 0.421 e. The van der Waals surface area contributed by atoms with Crippen LogP contribution in [-0.4, -0.2) is 79.5 Å². The topological polar surface area (TPSA) is 39.2 Å². The second kappa shape index (κ2) is 11.4. The molecule has 2 aliphatic rings. The number of nitrogens with zero attached hydrogens (tertiary/aromatic N) is 3. The number of piperazine rings is 1. The number of likely N-dealkylation sites (N-methyl/N-ethyl adjacent to an activating group) is 1. The number of benzene rings is 1. The average molecular weight is 504 g/mol. The lowest BCUT2D eigenvalue weighted by molar-refractivity contribution is -0.258. The summed E-state index contributed by atoms with van der Waals surface area (Å²) in [7, 11) is 2.13. The van der Waals surface area contributed by atoms with E-state index in [0.717, 1.165) is 58.5 Å². The van der Waals surface area contributed by atoms with E-state index in [0.29, 0.717) is 6.04 Å². The Kier molecular flexibility index (Phi) is 9.10. The van der Waals surface area contributed by atoms with E-state index in [-0.39, 0.29) is 5.56 Å². The standard InChI is InChI=1S/C17H19F3N2OS2.C6H13NO/c1-16(23,17(18,19)20)13-4-6-14(7-5-13)21-8-10-22(11-9-21)25-15-3-2-12-24-15;1-6-5-8-4-3-7(6)2/h2-7,12,23H,8-11H2,1H3;6H,3-5H2,1-2H3. The molecule has 1 aromatic heterocycles. The molecule has 2 fully saturated rings. The fraction of sp³-hybridized carbons (Fsp3) is 0.565. The van der Waals surface area contributed by atoms with E-state index in [1.807, 2.05) is 6.07 Å². The second-order valence-electron chi connectivity index (χ2n) is 8.46. The Bertz CT molecular complexity index is 830. The minimum Gasteiger partial charge on any atom is -0.379 e. The van der Waals surface area contributed by atoms with Gasteiger partial charge in [0.25, 0.3) is 0 Å². The summed E-state index contributed by atoms with van der Waals surface area (Å²) >= 11 is 3.46. The summed E-state index contributed by atoms with van der Waals surface area (Å²) in [6.45, 7) is 9.23. The van der Waals surface area contributed by atoms with Crippen LogP contribution >= 0.6 is 23.3 Å². The van der Waals surface area contributed by atoms with E-state index in [9.17, 15) is 18.3 Å². The zero-order chi connectivity index (χ0) is 24.1. The van der Waals surface area contributed by atoms with Crippen LogP contribution in [0.5, 0.6) is 0 Å². The molecule has 0 saturated carbocycles. The fourth-order valence-electron chi connectivity index (χ4n) is 3.45. The number of morpholine rings is 1. The maximum atomic E-state index is 12.9. The van der Waals surface area contributed by atoms with Gasteiger partial charge in [0.05, 0.1) is 17.4 Å². The number of rotatable bonds is 4. The van der Waals surface area contributed by atoms with Crippen molar-refractivity contribution < 1.29 is 23.0 Å². The molecule has 2 aromatic rings. The van der Waals surface area contributed by atoms with Crippen molar-refractivity contribution in [3.63, 3.8) is 0 Å². The Hall–Kier alpha value is -1.30. The molecule has 10 heteroatoms. The smallest absolute Gasteiger partial charge is 0.379 e. The third kappa shape index (κ3) is 7.10. The van der Waals surface area contributed by atoms with Gasteiger partial charge in [-0.05, 0) is 62.0 Å². The van der Waals surface area contributed by atoms with Crippen LogP contribution in [0.1, 0.15) is 19.4 Å². The van der Waals surface area contributed by atoms with Crippen molar-refractivity contribution in [1.82, 2.24) is 9.21 Å². The van der Waals surface area contributed by atoms with Crippen molar-refractivity contribution in [3.8, 4) is 0 Å². The molecule has 1 aromatic carbocycles. The molecule has 1 N–H and O–H groups in total. The molecule has 2 atom stereocenters. The summed E-state index contributed by atoms with van der Waals surface area (Å²) < 4.78 is 47.5. The monoisotopic (exact) mass is 503 g/mol. The highest BCUT2D eigenvalue weighted by atomic mass is 32.2. The van der Waals surface area contributed by atoms with Crippen LogP contribution in [0.2, 0.25) is 0 Å². The zero-order valence-corrected chi connectivity index (χ0v) is 20.8. The Morgan fingerprint density at radius 1 is 1.06 bits per heavy atom. The van der Waals surface area contributed by atoms with Gasteiger partial charge >= 0.3 is 6.18 Å². The van der Waals surface area contributed by atoms with Gasteiger partial charge in [-0.3, -0.25) is 4.90 Å². The first-order chi connectivity index (χ1) is 15.6. The summed E-state index contributed by atoms with van der Waals surface area (Å²) in [5.41, 5.74) is -2.10. The first kappa shape index (κ1) is 26.3. The van der Waals surface area contributed by atoms with Crippen LogP contribution < -0.4 is 4.90 Å². The van der Waals surface area contributed by atoms with Crippen molar-refractivity contribution >= 4 is 29.0 Å². The van der Waals surface area contributed by atoms with Crippen LogP contribution in [0.25, 0.3) is 0 Å². The summed E-state index contributed by atoms with van der Waals surface area (Å²) in [6.07, 6.45) is -4.70. The van der Waals surface area contributed by atoms with Crippen molar-refractivity contribution in [2.24, 2.45) is 0 Å². The summed E-state index contributed by atoms with van der Waals surface area (Å²) in [4.78, 5) is 4.46. The Morgan fingerprint density at radius 3 is 2.21 bits per heavy atom. The number of anilines is 1. The van der Waals surface area contributed by atoms with Crippen LogP contribution in [0, 0.1) is 0 Å². The summed E-state index contributed by atoms with van der Waals surface area (Å²) in [5.74, 6) is 0. The molecule has 0 spiro atoms. The lowest BCUT2D eigenvalue weighted by Crippen LogP contribution is -2.43. The van der Waals surface area contributed by atoms with E-state index >= 15 is 0 Å². The predicted molar refractivity (Wildman–Crippen MR) is 129 cm³/mol. The Morgan fingerprint density at radius 2 is 1.73 bits per heavy atom. The van der Waals surface area contributed by atoms with Crippen molar-refractivity contribution in [2.45, 2.75) is 35.9 Å². The molecule has 33 heavy (non-hydrogen) atoms. The summed E-state index contributed by atoms with van der Waals surface area (Å²) in [5, 5.41) is 11.8. The Balaban J connectivity index is 0.000000323. The van der Waals surface area contributed by atoms with Crippen LogP contribution in [0.4, 0.5) is 18.9 Å². The molecule has 2 saturated heterocycles. The quantitative estimate of drug-likeness (QED) is 0.611.